The van der Waals surface area contributed by atoms with Gasteiger partial charge in [-0.1, -0.05) is 36.0 Å². The van der Waals surface area contributed by atoms with Gasteiger partial charge in [-0.15, -0.1) is 10.2 Å². The second-order valence-electron chi connectivity index (χ2n) is 6.16. The van der Waals surface area contributed by atoms with Crippen molar-refractivity contribution in [1.82, 2.24) is 19.7 Å². The van der Waals surface area contributed by atoms with E-state index in [-0.39, 0.29) is 5.69 Å². The van der Waals surface area contributed by atoms with Gasteiger partial charge in [0.25, 0.3) is 5.69 Å². The van der Waals surface area contributed by atoms with E-state index in [1.807, 2.05) is 47.0 Å². The number of aromatic nitrogens is 4. The van der Waals surface area contributed by atoms with E-state index in [0.717, 1.165) is 22.2 Å². The number of nitro benzene ring substituents is 1. The van der Waals surface area contributed by atoms with E-state index in [1.165, 1.54) is 23.9 Å². The van der Waals surface area contributed by atoms with Crippen LogP contribution >= 0.6 is 11.8 Å². The molecule has 0 saturated carbocycles. The lowest BCUT2D eigenvalue weighted by Gasteiger charge is -2.10. The van der Waals surface area contributed by atoms with Crippen LogP contribution in [0.15, 0.2) is 84.3 Å². The van der Waals surface area contributed by atoms with Gasteiger partial charge < -0.3 is 4.74 Å². The predicted octanol–water partition coefficient (Wildman–Crippen LogP) is 4.41. The number of nitro groups is 1. The molecule has 8 nitrogen and oxygen atoms in total. The average Bonchev–Trinajstić information content (AvgIpc) is 3.22. The SMILES string of the molecule is O=[N+]([O-])c1cccc(OCCSc2nnc(-c3ccncc3)n2-c2ccccc2)c1. The topological polar surface area (TPSA) is 96.0 Å². The van der Waals surface area contributed by atoms with Crippen LogP contribution in [0.25, 0.3) is 17.1 Å². The Bertz CT molecular complexity index is 1140. The number of para-hydroxylation sites is 1. The number of hydrogen-bond acceptors (Lipinski definition) is 7. The molecule has 30 heavy (non-hydrogen) atoms. The van der Waals surface area contributed by atoms with Crippen molar-refractivity contribution >= 4 is 17.4 Å². The number of non-ortho nitro benzene ring substituents is 1. The van der Waals surface area contributed by atoms with Gasteiger partial charge >= 0.3 is 0 Å². The summed E-state index contributed by atoms with van der Waals surface area (Å²) in [4.78, 5) is 14.5. The van der Waals surface area contributed by atoms with Gasteiger partial charge in [-0.25, -0.2) is 0 Å². The van der Waals surface area contributed by atoms with Gasteiger partial charge in [-0.05, 0) is 30.3 Å². The van der Waals surface area contributed by atoms with Crippen molar-refractivity contribution in [3.63, 3.8) is 0 Å². The fourth-order valence-electron chi connectivity index (χ4n) is 2.84. The number of hydrogen-bond donors (Lipinski definition) is 0. The Morgan fingerprint density at radius 3 is 2.57 bits per heavy atom. The van der Waals surface area contributed by atoms with E-state index in [1.54, 1.807) is 24.5 Å². The maximum atomic E-state index is 10.9. The Labute approximate surface area is 176 Å². The van der Waals surface area contributed by atoms with Gasteiger partial charge in [0.15, 0.2) is 11.0 Å². The van der Waals surface area contributed by atoms with Crippen molar-refractivity contribution < 1.29 is 9.66 Å². The minimum Gasteiger partial charge on any atom is -0.492 e. The molecule has 0 unspecified atom stereocenters. The normalized spacial score (nSPS) is 10.7. The molecule has 0 atom stereocenters. The molecule has 0 bridgehead atoms. The van der Waals surface area contributed by atoms with E-state index < -0.39 is 4.92 Å². The molecule has 0 aliphatic heterocycles. The number of benzene rings is 2. The average molecular weight is 419 g/mol. The molecule has 9 heteroatoms. The summed E-state index contributed by atoms with van der Waals surface area (Å²) < 4.78 is 7.66. The number of nitrogens with zero attached hydrogens (tertiary/aromatic N) is 5. The van der Waals surface area contributed by atoms with Crippen LogP contribution in [-0.4, -0.2) is 37.0 Å². The Morgan fingerprint density at radius 1 is 1.00 bits per heavy atom. The molecule has 2 heterocycles. The molecule has 4 rings (SSSR count). The molecule has 150 valence electrons. The van der Waals surface area contributed by atoms with Crippen molar-refractivity contribution in [3.05, 3.63) is 89.2 Å². The summed E-state index contributed by atoms with van der Waals surface area (Å²) >= 11 is 1.50. The van der Waals surface area contributed by atoms with Crippen LogP contribution in [0.3, 0.4) is 0 Å². The summed E-state index contributed by atoms with van der Waals surface area (Å²) in [7, 11) is 0. The van der Waals surface area contributed by atoms with Crippen molar-refractivity contribution in [3.8, 4) is 22.8 Å². The molecule has 0 aliphatic rings. The minimum atomic E-state index is -0.440. The van der Waals surface area contributed by atoms with E-state index >= 15 is 0 Å². The lowest BCUT2D eigenvalue weighted by atomic mass is 10.2. The van der Waals surface area contributed by atoms with Gasteiger partial charge in [-0.2, -0.15) is 0 Å². The van der Waals surface area contributed by atoms with Crippen molar-refractivity contribution in [2.75, 3.05) is 12.4 Å². The summed E-state index contributed by atoms with van der Waals surface area (Å²) in [6.45, 7) is 0.373. The molecule has 0 radical (unpaired) electrons. The molecule has 0 spiro atoms. The van der Waals surface area contributed by atoms with Crippen molar-refractivity contribution in [2.24, 2.45) is 0 Å². The van der Waals surface area contributed by atoms with Crippen LogP contribution in [0, 0.1) is 10.1 Å². The Morgan fingerprint density at radius 2 is 1.80 bits per heavy atom. The molecule has 0 fully saturated rings. The molecule has 2 aromatic carbocycles. The highest BCUT2D eigenvalue weighted by Crippen LogP contribution is 2.28. The quantitative estimate of drug-likeness (QED) is 0.181. The molecular weight excluding hydrogens is 402 g/mol. The second kappa shape index (κ2) is 9.19. The highest BCUT2D eigenvalue weighted by Gasteiger charge is 2.16. The van der Waals surface area contributed by atoms with Gasteiger partial charge in [0.2, 0.25) is 0 Å². The summed E-state index contributed by atoms with van der Waals surface area (Å²) in [5.74, 6) is 1.79. The third kappa shape index (κ3) is 4.47. The summed E-state index contributed by atoms with van der Waals surface area (Å²) in [6.07, 6.45) is 3.44. The van der Waals surface area contributed by atoms with Crippen LogP contribution in [0.5, 0.6) is 5.75 Å². The molecule has 0 aliphatic carbocycles. The third-order valence-corrected chi connectivity index (χ3v) is 5.09. The van der Waals surface area contributed by atoms with Gasteiger partial charge in [-0.3, -0.25) is 19.7 Å². The number of ether oxygens (including phenoxy) is 1. The zero-order valence-electron chi connectivity index (χ0n) is 15.8. The number of pyridine rings is 1. The summed E-state index contributed by atoms with van der Waals surface area (Å²) in [5.41, 5.74) is 1.88. The molecule has 4 aromatic rings. The van der Waals surface area contributed by atoms with Crippen LogP contribution in [-0.2, 0) is 0 Å². The van der Waals surface area contributed by atoms with E-state index in [4.69, 9.17) is 4.74 Å². The van der Waals surface area contributed by atoms with E-state index in [9.17, 15) is 10.1 Å². The fraction of sp³-hybridized carbons (Fsp3) is 0.0952. The molecule has 2 aromatic heterocycles. The van der Waals surface area contributed by atoms with Crippen LogP contribution < -0.4 is 4.74 Å². The van der Waals surface area contributed by atoms with Crippen molar-refractivity contribution in [1.29, 1.82) is 0 Å². The lowest BCUT2D eigenvalue weighted by molar-refractivity contribution is -0.384. The first-order valence-electron chi connectivity index (χ1n) is 9.13. The Kier molecular flexibility index (Phi) is 6.00. The predicted molar refractivity (Wildman–Crippen MR) is 114 cm³/mol. The first-order valence-corrected chi connectivity index (χ1v) is 10.1. The Hall–Kier alpha value is -3.72. The molecular formula is C21H17N5O3S. The van der Waals surface area contributed by atoms with E-state index in [2.05, 4.69) is 15.2 Å². The maximum Gasteiger partial charge on any atom is 0.273 e. The smallest absolute Gasteiger partial charge is 0.273 e. The highest BCUT2D eigenvalue weighted by molar-refractivity contribution is 7.99. The molecule has 0 amide bonds. The second-order valence-corrected chi connectivity index (χ2v) is 7.23. The summed E-state index contributed by atoms with van der Waals surface area (Å²) in [6, 6.07) is 19.8. The maximum absolute atomic E-state index is 10.9. The van der Waals surface area contributed by atoms with Crippen molar-refractivity contribution in [2.45, 2.75) is 5.16 Å². The lowest BCUT2D eigenvalue weighted by Crippen LogP contribution is -2.03. The van der Waals surface area contributed by atoms with Crippen LogP contribution in [0.2, 0.25) is 0 Å². The van der Waals surface area contributed by atoms with Crippen LogP contribution in [0.1, 0.15) is 0 Å². The monoisotopic (exact) mass is 419 g/mol. The van der Waals surface area contributed by atoms with Crippen LogP contribution in [0.4, 0.5) is 5.69 Å². The Balaban J connectivity index is 1.50. The van der Waals surface area contributed by atoms with Gasteiger partial charge in [0, 0.05) is 35.5 Å². The fourth-order valence-corrected chi connectivity index (χ4v) is 3.61. The van der Waals surface area contributed by atoms with E-state index in [0.29, 0.717) is 18.1 Å². The molecule has 0 N–H and O–H groups in total. The highest BCUT2D eigenvalue weighted by atomic mass is 32.2. The molecule has 0 saturated heterocycles. The number of thioether (sulfide) groups is 1. The number of rotatable bonds is 8. The van der Waals surface area contributed by atoms with Gasteiger partial charge in [0.05, 0.1) is 17.6 Å². The first kappa shape index (κ1) is 19.6. The first-order chi connectivity index (χ1) is 14.7. The minimum absolute atomic E-state index is 0.00552. The third-order valence-electron chi connectivity index (χ3n) is 4.20. The zero-order chi connectivity index (χ0) is 20.8. The standard InChI is InChI=1S/C21H17N5O3S/c27-26(28)18-7-4-8-19(15-18)29-13-14-30-21-24-23-20(16-9-11-22-12-10-16)25(21)17-5-2-1-3-6-17/h1-12,15H,13-14H2. The largest absolute Gasteiger partial charge is 0.492 e. The van der Waals surface area contributed by atoms with Gasteiger partial charge in [0.1, 0.15) is 5.75 Å². The zero-order valence-corrected chi connectivity index (χ0v) is 16.6. The summed E-state index contributed by atoms with van der Waals surface area (Å²) in [5, 5.41) is 20.4.